The van der Waals surface area contributed by atoms with E-state index >= 15 is 0 Å². The molecule has 0 atom stereocenters. The Hall–Kier alpha value is -2.97. The molecule has 1 N–H and O–H groups in total. The van der Waals surface area contributed by atoms with Gasteiger partial charge in [0, 0.05) is 44.1 Å². The summed E-state index contributed by atoms with van der Waals surface area (Å²) < 4.78 is 12.5. The van der Waals surface area contributed by atoms with Crippen molar-refractivity contribution in [2.75, 3.05) is 57.7 Å². The van der Waals surface area contributed by atoms with Crippen LogP contribution >= 0.6 is 11.3 Å². The summed E-state index contributed by atoms with van der Waals surface area (Å²) in [5.74, 6) is 1.01. The lowest BCUT2D eigenvalue weighted by Gasteiger charge is -2.32. The number of hydrogen-bond donors (Lipinski definition) is 1. The molecule has 3 heterocycles. The van der Waals surface area contributed by atoms with Crippen molar-refractivity contribution in [1.29, 1.82) is 0 Å². The van der Waals surface area contributed by atoms with Crippen molar-refractivity contribution in [3.8, 4) is 16.5 Å². The Morgan fingerprint density at radius 1 is 0.967 bits per heavy atom. The van der Waals surface area contributed by atoms with Gasteiger partial charge in [-0.05, 0) is 43.4 Å². The molecule has 0 saturated carbocycles. The van der Waals surface area contributed by atoms with Crippen LogP contribution in [0.4, 0.5) is 10.7 Å². The number of nitrogens with zero attached hydrogens (tertiary/aromatic N) is 3. The molecule has 8 heteroatoms. The molecule has 0 bridgehead atoms. The number of ether oxygens (including phenoxy) is 2. The molecular weight excluding hydrogens is 400 g/mol. The summed E-state index contributed by atoms with van der Waals surface area (Å²) in [6, 6.07) is 13.2. The van der Waals surface area contributed by atoms with Gasteiger partial charge < -0.3 is 29.2 Å². The second-order valence-electron chi connectivity index (χ2n) is 7.19. The molecule has 1 aliphatic rings. The fourth-order valence-electron chi connectivity index (χ4n) is 3.51. The Morgan fingerprint density at radius 2 is 1.70 bits per heavy atom. The van der Waals surface area contributed by atoms with Crippen LogP contribution in [0.5, 0.6) is 11.5 Å². The number of likely N-dealkylation sites (N-methyl/N-ethyl adjacent to an activating group) is 1. The van der Waals surface area contributed by atoms with Crippen LogP contribution in [0.3, 0.4) is 0 Å². The maximum atomic E-state index is 13.0. The quantitative estimate of drug-likeness (QED) is 0.653. The van der Waals surface area contributed by atoms with Gasteiger partial charge in [0.15, 0.2) is 11.5 Å². The fourth-order valence-corrected chi connectivity index (χ4v) is 4.57. The topological polar surface area (TPSA) is 59.0 Å². The van der Waals surface area contributed by atoms with Crippen LogP contribution in [0.1, 0.15) is 10.5 Å². The van der Waals surface area contributed by atoms with Crippen LogP contribution in [-0.4, -0.2) is 62.8 Å². The van der Waals surface area contributed by atoms with Gasteiger partial charge in [0.2, 0.25) is 0 Å². The summed E-state index contributed by atoms with van der Waals surface area (Å²) in [6.07, 6.45) is 1.92. The third-order valence-corrected chi connectivity index (χ3v) is 6.40. The van der Waals surface area contributed by atoms with E-state index in [1.54, 1.807) is 43.8 Å². The molecule has 1 fully saturated rings. The minimum Gasteiger partial charge on any atom is -0.493 e. The Balaban J connectivity index is 1.51. The smallest absolute Gasteiger partial charge is 0.272 e. The molecule has 2 aromatic heterocycles. The summed E-state index contributed by atoms with van der Waals surface area (Å²) in [7, 11) is 5.31. The highest BCUT2D eigenvalue weighted by atomic mass is 32.1. The number of aromatic nitrogens is 1. The zero-order valence-corrected chi connectivity index (χ0v) is 18.2. The van der Waals surface area contributed by atoms with E-state index < -0.39 is 0 Å². The molecule has 3 aromatic rings. The van der Waals surface area contributed by atoms with Crippen molar-refractivity contribution >= 4 is 27.9 Å². The number of methoxy groups -OCH3 is 2. The summed E-state index contributed by atoms with van der Waals surface area (Å²) in [5.41, 5.74) is 1.23. The molecule has 30 heavy (non-hydrogen) atoms. The van der Waals surface area contributed by atoms with Crippen LogP contribution in [-0.2, 0) is 0 Å². The van der Waals surface area contributed by atoms with E-state index in [9.17, 15) is 4.79 Å². The number of anilines is 2. The third kappa shape index (κ3) is 4.15. The minimum absolute atomic E-state index is 0.179. The first kappa shape index (κ1) is 20.3. The predicted molar refractivity (Wildman–Crippen MR) is 121 cm³/mol. The van der Waals surface area contributed by atoms with E-state index in [1.165, 1.54) is 5.00 Å². The number of benzene rings is 1. The van der Waals surface area contributed by atoms with Crippen molar-refractivity contribution in [2.24, 2.45) is 0 Å². The first-order chi connectivity index (χ1) is 14.6. The van der Waals surface area contributed by atoms with E-state index in [1.807, 2.05) is 22.9 Å². The van der Waals surface area contributed by atoms with Gasteiger partial charge in [0.25, 0.3) is 5.91 Å². The zero-order valence-electron chi connectivity index (χ0n) is 17.4. The largest absolute Gasteiger partial charge is 0.493 e. The summed E-state index contributed by atoms with van der Waals surface area (Å²) in [6.45, 7) is 4.18. The number of amides is 1. The molecule has 1 aliphatic heterocycles. The summed E-state index contributed by atoms with van der Waals surface area (Å²) in [5, 5.41) is 5.20. The second-order valence-corrected chi connectivity index (χ2v) is 8.23. The molecule has 1 amide bonds. The Kier molecular flexibility index (Phi) is 5.96. The van der Waals surface area contributed by atoms with Gasteiger partial charge in [-0.25, -0.2) is 0 Å². The number of carbonyl (C=O) groups is 1. The molecule has 4 rings (SSSR count). The molecule has 7 nitrogen and oxygen atoms in total. The molecule has 0 radical (unpaired) electrons. The Morgan fingerprint density at radius 3 is 2.43 bits per heavy atom. The predicted octanol–water partition coefficient (Wildman–Crippen LogP) is 3.56. The van der Waals surface area contributed by atoms with Crippen molar-refractivity contribution in [3.05, 3.63) is 54.4 Å². The van der Waals surface area contributed by atoms with Gasteiger partial charge in [0.05, 0.1) is 19.2 Å². The van der Waals surface area contributed by atoms with Crippen LogP contribution in [0, 0.1) is 0 Å². The van der Waals surface area contributed by atoms with Crippen molar-refractivity contribution in [1.82, 2.24) is 9.47 Å². The summed E-state index contributed by atoms with van der Waals surface area (Å²) >= 11 is 1.70. The van der Waals surface area contributed by atoms with Gasteiger partial charge in [-0.3, -0.25) is 4.79 Å². The number of thiophene rings is 1. The normalized spacial score (nSPS) is 14.6. The minimum atomic E-state index is -0.179. The molecule has 0 aliphatic carbocycles. The number of hydrogen-bond acceptors (Lipinski definition) is 6. The monoisotopic (exact) mass is 426 g/mol. The molecule has 158 valence electrons. The molecule has 0 unspecified atom stereocenters. The molecule has 0 spiro atoms. The lowest BCUT2D eigenvalue weighted by Crippen LogP contribution is -2.44. The van der Waals surface area contributed by atoms with Crippen molar-refractivity contribution < 1.29 is 14.3 Å². The van der Waals surface area contributed by atoms with Crippen LogP contribution in [0.25, 0.3) is 5.00 Å². The summed E-state index contributed by atoms with van der Waals surface area (Å²) in [4.78, 5) is 17.7. The van der Waals surface area contributed by atoms with Gasteiger partial charge >= 0.3 is 0 Å². The highest BCUT2D eigenvalue weighted by Crippen LogP contribution is 2.32. The number of nitrogens with one attached hydrogen (secondary N) is 1. The number of piperazine rings is 1. The second kappa shape index (κ2) is 8.81. The molecule has 1 aromatic carbocycles. The average Bonchev–Trinajstić information content (AvgIpc) is 3.43. The number of carbonyl (C=O) groups excluding carboxylic acids is 1. The zero-order chi connectivity index (χ0) is 21.1. The first-order valence-electron chi connectivity index (χ1n) is 9.83. The maximum absolute atomic E-state index is 13.0. The van der Waals surface area contributed by atoms with E-state index in [4.69, 9.17) is 9.47 Å². The van der Waals surface area contributed by atoms with Crippen LogP contribution in [0.2, 0.25) is 0 Å². The standard InChI is InChI=1S/C22H26N4O3S/c1-24-11-13-25(14-12-24)20-8-9-21(30-20)26-10-4-5-17(26)22(27)23-16-6-7-18(28-2)19(15-16)29-3/h4-10,15H,11-14H2,1-3H3,(H,23,27). The SMILES string of the molecule is COc1ccc(NC(=O)c2cccn2-c2ccc(N3CCN(C)CC3)s2)cc1OC. The first-order valence-corrected chi connectivity index (χ1v) is 10.6. The van der Waals surface area contributed by atoms with Gasteiger partial charge in [-0.15, -0.1) is 11.3 Å². The maximum Gasteiger partial charge on any atom is 0.272 e. The van der Waals surface area contributed by atoms with Gasteiger partial charge in [0.1, 0.15) is 10.7 Å². The van der Waals surface area contributed by atoms with E-state index in [2.05, 4.69) is 34.3 Å². The Bertz CT molecular complexity index is 1020. The highest BCUT2D eigenvalue weighted by molar-refractivity contribution is 7.18. The lowest BCUT2D eigenvalue weighted by atomic mass is 10.2. The highest BCUT2D eigenvalue weighted by Gasteiger charge is 2.18. The Labute approximate surface area is 180 Å². The fraction of sp³-hybridized carbons (Fsp3) is 0.318. The van der Waals surface area contributed by atoms with Crippen molar-refractivity contribution in [2.45, 2.75) is 0 Å². The lowest BCUT2D eigenvalue weighted by molar-refractivity contribution is 0.102. The third-order valence-electron chi connectivity index (χ3n) is 5.25. The van der Waals surface area contributed by atoms with E-state index in [0.717, 1.165) is 31.2 Å². The molecule has 1 saturated heterocycles. The van der Waals surface area contributed by atoms with E-state index in [-0.39, 0.29) is 5.91 Å². The van der Waals surface area contributed by atoms with Crippen LogP contribution in [0.15, 0.2) is 48.7 Å². The van der Waals surface area contributed by atoms with Crippen molar-refractivity contribution in [3.63, 3.8) is 0 Å². The molecular formula is C22H26N4O3S. The number of rotatable bonds is 6. The van der Waals surface area contributed by atoms with Gasteiger partial charge in [-0.2, -0.15) is 0 Å². The van der Waals surface area contributed by atoms with E-state index in [0.29, 0.717) is 22.9 Å². The van der Waals surface area contributed by atoms with Gasteiger partial charge in [-0.1, -0.05) is 0 Å². The average molecular weight is 427 g/mol. The van der Waals surface area contributed by atoms with Crippen LogP contribution < -0.4 is 19.7 Å².